The number of hydrogen-bond donors (Lipinski definition) is 1. The Hall–Kier alpha value is -1.77. The predicted molar refractivity (Wildman–Crippen MR) is 62.8 cm³/mol. The van der Waals surface area contributed by atoms with Gasteiger partial charge in [0.05, 0.1) is 6.61 Å². The third-order valence-corrected chi connectivity index (χ3v) is 2.20. The van der Waals surface area contributed by atoms with Crippen LogP contribution in [0.15, 0.2) is 30.4 Å². The highest BCUT2D eigenvalue weighted by molar-refractivity contribution is 5.79. The summed E-state index contributed by atoms with van der Waals surface area (Å²) in [5.41, 5.74) is 2.20. The summed E-state index contributed by atoms with van der Waals surface area (Å²) < 4.78 is 5.61. The van der Waals surface area contributed by atoms with Crippen molar-refractivity contribution >= 4 is 5.97 Å². The number of benzene rings is 1. The first-order chi connectivity index (χ1) is 7.61. The number of carboxylic acids is 1. The third-order valence-electron chi connectivity index (χ3n) is 2.20. The average molecular weight is 220 g/mol. The van der Waals surface area contributed by atoms with E-state index in [1.54, 1.807) is 6.08 Å². The summed E-state index contributed by atoms with van der Waals surface area (Å²) in [5.74, 6) is -0.0294. The van der Waals surface area contributed by atoms with Crippen molar-refractivity contribution in [2.24, 2.45) is 0 Å². The van der Waals surface area contributed by atoms with Crippen LogP contribution in [0.25, 0.3) is 0 Å². The van der Waals surface area contributed by atoms with Gasteiger partial charge in [-0.25, -0.2) is 4.79 Å². The Morgan fingerprint density at radius 3 is 2.56 bits per heavy atom. The standard InChI is InChI=1S/C13H16O3/c1-10-6-5-7-11(2)13(10)16-9-4-3-8-12(14)15/h3,5-8H,4,9H2,1-2H3,(H,14,15)/b8-3+. The first-order valence-corrected chi connectivity index (χ1v) is 5.19. The van der Waals surface area contributed by atoms with E-state index in [0.717, 1.165) is 23.0 Å². The molecule has 0 atom stereocenters. The molecule has 1 aromatic rings. The van der Waals surface area contributed by atoms with Gasteiger partial charge in [-0.15, -0.1) is 0 Å². The second kappa shape index (κ2) is 5.95. The molecule has 0 aliphatic heterocycles. The Bertz CT molecular complexity index is 374. The Kier molecular flexibility index (Phi) is 4.58. The summed E-state index contributed by atoms with van der Waals surface area (Å²) in [7, 11) is 0. The molecule has 0 radical (unpaired) electrons. The molecule has 0 amide bonds. The molecule has 3 heteroatoms. The zero-order valence-electron chi connectivity index (χ0n) is 9.56. The SMILES string of the molecule is Cc1cccc(C)c1OCC/C=C/C(=O)O. The van der Waals surface area contributed by atoms with Gasteiger partial charge in [-0.1, -0.05) is 24.3 Å². The topological polar surface area (TPSA) is 46.5 Å². The number of carbonyl (C=O) groups is 1. The Labute approximate surface area is 95.4 Å². The van der Waals surface area contributed by atoms with E-state index in [4.69, 9.17) is 9.84 Å². The minimum atomic E-state index is -0.924. The Morgan fingerprint density at radius 2 is 2.00 bits per heavy atom. The molecule has 1 rings (SSSR count). The van der Waals surface area contributed by atoms with Crippen molar-refractivity contribution in [2.75, 3.05) is 6.61 Å². The summed E-state index contributed by atoms with van der Waals surface area (Å²) in [4.78, 5) is 10.2. The van der Waals surface area contributed by atoms with Crippen LogP contribution in [0.4, 0.5) is 0 Å². The second-order valence-corrected chi connectivity index (χ2v) is 3.60. The number of aliphatic carboxylic acids is 1. The van der Waals surface area contributed by atoms with Crippen molar-refractivity contribution in [1.82, 2.24) is 0 Å². The molecule has 3 nitrogen and oxygen atoms in total. The lowest BCUT2D eigenvalue weighted by Crippen LogP contribution is -1.99. The van der Waals surface area contributed by atoms with E-state index in [9.17, 15) is 4.79 Å². The molecule has 1 N–H and O–H groups in total. The summed E-state index contributed by atoms with van der Waals surface area (Å²) in [6.07, 6.45) is 3.32. The fraction of sp³-hybridized carbons (Fsp3) is 0.308. The van der Waals surface area contributed by atoms with Crippen LogP contribution in [0.3, 0.4) is 0 Å². The van der Waals surface area contributed by atoms with Crippen LogP contribution in [0, 0.1) is 13.8 Å². The van der Waals surface area contributed by atoms with E-state index in [0.29, 0.717) is 13.0 Å². The molecule has 0 aromatic heterocycles. The van der Waals surface area contributed by atoms with E-state index >= 15 is 0 Å². The van der Waals surface area contributed by atoms with Crippen molar-refractivity contribution in [3.8, 4) is 5.75 Å². The lowest BCUT2D eigenvalue weighted by Gasteiger charge is -2.10. The van der Waals surface area contributed by atoms with E-state index in [1.165, 1.54) is 0 Å². The van der Waals surface area contributed by atoms with Gasteiger partial charge in [0, 0.05) is 6.08 Å². The van der Waals surface area contributed by atoms with Crippen molar-refractivity contribution in [3.63, 3.8) is 0 Å². The second-order valence-electron chi connectivity index (χ2n) is 3.60. The van der Waals surface area contributed by atoms with Gasteiger partial charge in [0.15, 0.2) is 0 Å². The largest absolute Gasteiger partial charge is 0.493 e. The third kappa shape index (κ3) is 3.77. The highest BCUT2D eigenvalue weighted by Gasteiger charge is 2.01. The monoisotopic (exact) mass is 220 g/mol. The fourth-order valence-corrected chi connectivity index (χ4v) is 1.44. The van der Waals surface area contributed by atoms with Gasteiger partial charge in [-0.3, -0.25) is 0 Å². The molecule has 0 heterocycles. The van der Waals surface area contributed by atoms with Gasteiger partial charge in [0.2, 0.25) is 0 Å². The molecule has 0 saturated carbocycles. The van der Waals surface area contributed by atoms with Crippen molar-refractivity contribution in [3.05, 3.63) is 41.5 Å². The van der Waals surface area contributed by atoms with Gasteiger partial charge in [0.1, 0.15) is 5.75 Å². The van der Waals surface area contributed by atoms with E-state index in [2.05, 4.69) is 0 Å². The van der Waals surface area contributed by atoms with Crippen molar-refractivity contribution in [1.29, 1.82) is 0 Å². The lowest BCUT2D eigenvalue weighted by molar-refractivity contribution is -0.131. The molecule has 16 heavy (non-hydrogen) atoms. The molecule has 0 spiro atoms. The smallest absolute Gasteiger partial charge is 0.327 e. The molecular formula is C13H16O3. The van der Waals surface area contributed by atoms with Crippen molar-refractivity contribution < 1.29 is 14.6 Å². The number of para-hydroxylation sites is 1. The van der Waals surface area contributed by atoms with E-state index < -0.39 is 5.97 Å². The van der Waals surface area contributed by atoms with Crippen LogP contribution < -0.4 is 4.74 Å². The van der Waals surface area contributed by atoms with Gasteiger partial charge in [0.25, 0.3) is 0 Å². The average Bonchev–Trinajstić information content (AvgIpc) is 2.21. The molecular weight excluding hydrogens is 204 g/mol. The predicted octanol–water partition coefficient (Wildman–Crippen LogP) is 2.71. The van der Waals surface area contributed by atoms with Crippen LogP contribution in [0.1, 0.15) is 17.5 Å². The number of hydrogen-bond acceptors (Lipinski definition) is 2. The number of ether oxygens (including phenoxy) is 1. The highest BCUT2D eigenvalue weighted by atomic mass is 16.5. The van der Waals surface area contributed by atoms with Crippen LogP contribution in [0.5, 0.6) is 5.75 Å². The molecule has 1 aromatic carbocycles. The van der Waals surface area contributed by atoms with E-state index in [-0.39, 0.29) is 0 Å². The summed E-state index contributed by atoms with van der Waals surface area (Å²) in [6, 6.07) is 5.98. The van der Waals surface area contributed by atoms with Crippen LogP contribution in [0.2, 0.25) is 0 Å². The molecule has 0 unspecified atom stereocenters. The molecule has 0 aliphatic carbocycles. The van der Waals surface area contributed by atoms with Crippen molar-refractivity contribution in [2.45, 2.75) is 20.3 Å². The molecule has 0 fully saturated rings. The summed E-state index contributed by atoms with van der Waals surface area (Å²) in [5, 5.41) is 8.39. The van der Waals surface area contributed by atoms with Gasteiger partial charge >= 0.3 is 5.97 Å². The Morgan fingerprint density at radius 1 is 1.38 bits per heavy atom. The van der Waals surface area contributed by atoms with E-state index in [1.807, 2.05) is 32.0 Å². The first kappa shape index (κ1) is 12.3. The normalized spacial score (nSPS) is 10.6. The molecule has 0 bridgehead atoms. The van der Waals surface area contributed by atoms with Gasteiger partial charge < -0.3 is 9.84 Å². The number of aryl methyl sites for hydroxylation is 2. The minimum Gasteiger partial charge on any atom is -0.493 e. The highest BCUT2D eigenvalue weighted by Crippen LogP contribution is 2.22. The quantitative estimate of drug-likeness (QED) is 0.613. The number of carboxylic acid groups (broad SMARTS) is 1. The molecule has 0 saturated heterocycles. The van der Waals surface area contributed by atoms with Crippen LogP contribution in [-0.2, 0) is 4.79 Å². The zero-order valence-corrected chi connectivity index (χ0v) is 9.56. The van der Waals surface area contributed by atoms with Gasteiger partial charge in [-0.2, -0.15) is 0 Å². The minimum absolute atomic E-state index is 0.496. The number of rotatable bonds is 5. The summed E-state index contributed by atoms with van der Waals surface area (Å²) >= 11 is 0. The fourth-order valence-electron chi connectivity index (χ4n) is 1.44. The lowest BCUT2D eigenvalue weighted by atomic mass is 10.1. The van der Waals surface area contributed by atoms with Gasteiger partial charge in [-0.05, 0) is 31.4 Å². The maximum atomic E-state index is 10.2. The Balaban J connectivity index is 2.46. The first-order valence-electron chi connectivity index (χ1n) is 5.19. The zero-order chi connectivity index (χ0) is 12.0. The molecule has 86 valence electrons. The van der Waals surface area contributed by atoms with Crippen LogP contribution >= 0.6 is 0 Å². The molecule has 0 aliphatic rings. The maximum absolute atomic E-state index is 10.2. The van der Waals surface area contributed by atoms with Crippen LogP contribution in [-0.4, -0.2) is 17.7 Å². The summed E-state index contributed by atoms with van der Waals surface area (Å²) in [6.45, 7) is 4.49. The maximum Gasteiger partial charge on any atom is 0.327 e.